The Morgan fingerprint density at radius 2 is 1.95 bits per heavy atom. The molecule has 1 saturated carbocycles. The third kappa shape index (κ3) is 4.47. The van der Waals surface area contributed by atoms with E-state index in [1.165, 1.54) is 6.26 Å². The van der Waals surface area contributed by atoms with Gasteiger partial charge in [-0.2, -0.15) is 0 Å². The van der Waals surface area contributed by atoms with Crippen molar-refractivity contribution in [3.63, 3.8) is 0 Å². The third-order valence-electron chi connectivity index (χ3n) is 4.20. The van der Waals surface area contributed by atoms with Crippen molar-refractivity contribution in [3.05, 3.63) is 29.3 Å². The fourth-order valence-corrected chi connectivity index (χ4v) is 4.14. The Bertz CT molecular complexity index is 655. The number of sulfone groups is 1. The second kappa shape index (κ2) is 6.69. The largest absolute Gasteiger partial charge is 0.335 e. The maximum atomic E-state index is 12.1. The van der Waals surface area contributed by atoms with Crippen LogP contribution in [-0.4, -0.2) is 32.0 Å². The standard InChI is InChI=1S/C16H24N2O3S/c1-11-7-8-15(12(2)9-11)18-16(19)17-13-5-4-6-14(10-13)22(3,20)21/h7-9,13-14H,4-6,10H2,1-3H3,(H2,17,18,19)/t13-,14-/m1/s1. The summed E-state index contributed by atoms with van der Waals surface area (Å²) in [5, 5.41) is 5.40. The number of urea groups is 1. The number of carbonyl (C=O) groups excluding carboxylic acids is 1. The van der Waals surface area contributed by atoms with Crippen LogP contribution in [0.4, 0.5) is 10.5 Å². The van der Waals surface area contributed by atoms with E-state index < -0.39 is 9.84 Å². The molecule has 2 N–H and O–H groups in total. The first-order chi connectivity index (χ1) is 10.3. The highest BCUT2D eigenvalue weighted by atomic mass is 32.2. The molecule has 2 atom stereocenters. The molecule has 1 aliphatic rings. The van der Waals surface area contributed by atoms with Gasteiger partial charge in [-0.05, 0) is 44.7 Å². The van der Waals surface area contributed by atoms with Crippen LogP contribution < -0.4 is 10.6 Å². The van der Waals surface area contributed by atoms with Crippen LogP contribution in [0.5, 0.6) is 0 Å². The van der Waals surface area contributed by atoms with Crippen LogP contribution in [0, 0.1) is 13.8 Å². The fourth-order valence-electron chi connectivity index (χ4n) is 2.96. The number of hydrogen-bond donors (Lipinski definition) is 2. The SMILES string of the molecule is Cc1ccc(NC(=O)N[C@@H]2CCC[C@@H](S(C)(=O)=O)C2)c(C)c1. The topological polar surface area (TPSA) is 75.3 Å². The summed E-state index contributed by atoms with van der Waals surface area (Å²) in [6, 6.07) is 5.48. The van der Waals surface area contributed by atoms with E-state index in [0.717, 1.165) is 29.7 Å². The maximum Gasteiger partial charge on any atom is 0.319 e. The van der Waals surface area contributed by atoms with E-state index in [1.807, 2.05) is 32.0 Å². The van der Waals surface area contributed by atoms with Gasteiger partial charge in [-0.1, -0.05) is 24.1 Å². The Kier molecular flexibility index (Phi) is 5.11. The summed E-state index contributed by atoms with van der Waals surface area (Å²) in [4.78, 5) is 12.1. The zero-order valence-corrected chi connectivity index (χ0v) is 14.2. The fraction of sp³-hybridized carbons (Fsp3) is 0.562. The monoisotopic (exact) mass is 324 g/mol. The Balaban J connectivity index is 1.94. The molecule has 22 heavy (non-hydrogen) atoms. The van der Waals surface area contributed by atoms with Crippen molar-refractivity contribution in [1.82, 2.24) is 5.32 Å². The Morgan fingerprint density at radius 1 is 1.23 bits per heavy atom. The van der Waals surface area contributed by atoms with Gasteiger partial charge < -0.3 is 10.6 Å². The van der Waals surface area contributed by atoms with Crippen LogP contribution in [0.15, 0.2) is 18.2 Å². The minimum Gasteiger partial charge on any atom is -0.335 e. The van der Waals surface area contributed by atoms with E-state index in [2.05, 4.69) is 10.6 Å². The second-order valence-corrected chi connectivity index (χ2v) is 8.56. The molecule has 1 aromatic rings. The van der Waals surface area contributed by atoms with Crippen molar-refractivity contribution in [1.29, 1.82) is 0 Å². The van der Waals surface area contributed by atoms with Crippen molar-refractivity contribution in [2.75, 3.05) is 11.6 Å². The Morgan fingerprint density at radius 3 is 2.59 bits per heavy atom. The zero-order chi connectivity index (χ0) is 16.3. The average molecular weight is 324 g/mol. The summed E-state index contributed by atoms with van der Waals surface area (Å²) >= 11 is 0. The first-order valence-electron chi connectivity index (χ1n) is 7.59. The van der Waals surface area contributed by atoms with Crippen LogP contribution in [0.3, 0.4) is 0 Å². The van der Waals surface area contributed by atoms with Gasteiger partial charge in [0.15, 0.2) is 0 Å². The van der Waals surface area contributed by atoms with Crippen molar-refractivity contribution < 1.29 is 13.2 Å². The van der Waals surface area contributed by atoms with Crippen molar-refractivity contribution in [3.8, 4) is 0 Å². The highest BCUT2D eigenvalue weighted by molar-refractivity contribution is 7.91. The lowest BCUT2D eigenvalue weighted by Crippen LogP contribution is -2.43. The molecule has 0 unspecified atom stereocenters. The van der Waals surface area contributed by atoms with Crippen molar-refractivity contribution in [2.24, 2.45) is 0 Å². The summed E-state index contributed by atoms with van der Waals surface area (Å²) in [7, 11) is -3.04. The highest BCUT2D eigenvalue weighted by Gasteiger charge is 2.29. The quantitative estimate of drug-likeness (QED) is 0.897. The summed E-state index contributed by atoms with van der Waals surface area (Å²) < 4.78 is 23.3. The van der Waals surface area contributed by atoms with E-state index >= 15 is 0 Å². The zero-order valence-electron chi connectivity index (χ0n) is 13.3. The highest BCUT2D eigenvalue weighted by Crippen LogP contribution is 2.24. The normalized spacial score (nSPS) is 22.1. The molecular formula is C16H24N2O3S. The van der Waals surface area contributed by atoms with E-state index in [0.29, 0.717) is 12.8 Å². The molecule has 0 bridgehead atoms. The van der Waals surface area contributed by atoms with E-state index in [1.54, 1.807) is 0 Å². The number of anilines is 1. The minimum absolute atomic E-state index is 0.0840. The van der Waals surface area contributed by atoms with E-state index in [9.17, 15) is 13.2 Å². The molecule has 6 heteroatoms. The lowest BCUT2D eigenvalue weighted by atomic mass is 9.95. The summed E-state index contributed by atoms with van der Waals surface area (Å²) in [5.74, 6) is 0. The van der Waals surface area contributed by atoms with Gasteiger partial charge in [0, 0.05) is 18.0 Å². The van der Waals surface area contributed by atoms with Gasteiger partial charge >= 0.3 is 6.03 Å². The molecule has 1 fully saturated rings. The molecule has 5 nitrogen and oxygen atoms in total. The molecule has 0 saturated heterocycles. The molecule has 0 aromatic heterocycles. The number of benzene rings is 1. The third-order valence-corrected chi connectivity index (χ3v) is 5.84. The number of rotatable bonds is 3. The van der Waals surface area contributed by atoms with Crippen LogP contribution in [-0.2, 0) is 9.84 Å². The van der Waals surface area contributed by atoms with Crippen molar-refractivity contribution in [2.45, 2.75) is 50.8 Å². The van der Waals surface area contributed by atoms with Gasteiger partial charge in [0.1, 0.15) is 9.84 Å². The van der Waals surface area contributed by atoms with Gasteiger partial charge in [-0.25, -0.2) is 13.2 Å². The Hall–Kier alpha value is -1.56. The Labute approximate surface area is 132 Å². The van der Waals surface area contributed by atoms with Crippen molar-refractivity contribution >= 4 is 21.6 Å². The van der Waals surface area contributed by atoms with E-state index in [4.69, 9.17) is 0 Å². The first-order valence-corrected chi connectivity index (χ1v) is 9.55. The molecule has 0 aliphatic heterocycles. The van der Waals surface area contributed by atoms with Crippen LogP contribution in [0.1, 0.15) is 36.8 Å². The lowest BCUT2D eigenvalue weighted by Gasteiger charge is -2.28. The van der Waals surface area contributed by atoms with Gasteiger partial charge in [0.05, 0.1) is 5.25 Å². The first kappa shape index (κ1) is 16.8. The lowest BCUT2D eigenvalue weighted by molar-refractivity contribution is 0.244. The molecule has 0 heterocycles. The molecular weight excluding hydrogens is 300 g/mol. The van der Waals surface area contributed by atoms with Gasteiger partial charge in [0.25, 0.3) is 0 Å². The minimum atomic E-state index is -3.04. The van der Waals surface area contributed by atoms with E-state index in [-0.39, 0.29) is 17.3 Å². The maximum absolute atomic E-state index is 12.1. The van der Waals surface area contributed by atoms with Gasteiger partial charge in [0.2, 0.25) is 0 Å². The van der Waals surface area contributed by atoms with Gasteiger partial charge in [-0.3, -0.25) is 0 Å². The second-order valence-electron chi connectivity index (χ2n) is 6.23. The van der Waals surface area contributed by atoms with Crippen LogP contribution in [0.2, 0.25) is 0 Å². The summed E-state index contributed by atoms with van der Waals surface area (Å²) in [6.45, 7) is 3.95. The number of carbonyl (C=O) groups is 1. The molecule has 2 amide bonds. The van der Waals surface area contributed by atoms with Crippen LogP contribution >= 0.6 is 0 Å². The average Bonchev–Trinajstić information content (AvgIpc) is 2.41. The smallest absolute Gasteiger partial charge is 0.319 e. The predicted molar refractivity (Wildman–Crippen MR) is 89.0 cm³/mol. The molecule has 0 spiro atoms. The molecule has 122 valence electrons. The molecule has 1 aromatic carbocycles. The molecule has 1 aliphatic carbocycles. The van der Waals surface area contributed by atoms with Gasteiger partial charge in [-0.15, -0.1) is 0 Å². The number of aryl methyl sites for hydroxylation is 2. The summed E-state index contributed by atoms with van der Waals surface area (Å²) in [6.07, 6.45) is 4.11. The summed E-state index contributed by atoms with van der Waals surface area (Å²) in [5.41, 5.74) is 2.93. The molecule has 0 radical (unpaired) electrons. The number of amides is 2. The number of hydrogen-bond acceptors (Lipinski definition) is 3. The molecule has 2 rings (SSSR count). The number of nitrogens with one attached hydrogen (secondary N) is 2. The van der Waals surface area contributed by atoms with Crippen LogP contribution in [0.25, 0.3) is 0 Å². The predicted octanol–water partition coefficient (Wildman–Crippen LogP) is 2.78.